The smallest absolute Gasteiger partial charge is 0.289 e. The second kappa shape index (κ2) is 12.9. The number of hydrogen-bond donors (Lipinski definition) is 0. The minimum atomic E-state index is -0.122. The van der Waals surface area contributed by atoms with Crippen LogP contribution in [-0.2, 0) is 17.1 Å². The first-order chi connectivity index (χ1) is 16.0. The largest absolute Gasteiger partial charge is 2.00 e. The molecule has 2 fully saturated rings. The quantitative estimate of drug-likeness (QED) is 0.198. The molecule has 0 amide bonds. The maximum atomic E-state index is 13.2. The molecular weight excluding hydrogens is 505 g/mol. The molecule has 10 radical (unpaired) electrons. The molecule has 0 N–H and O–H groups in total. The molecule has 2 aromatic carbocycles. The summed E-state index contributed by atoms with van der Waals surface area (Å²) in [5.41, 5.74) is 3.50. The Morgan fingerprint density at radius 1 is 0.882 bits per heavy atom. The summed E-state index contributed by atoms with van der Waals surface area (Å²) in [6.45, 7) is 1.85. The number of aromatic nitrogens is 1. The normalized spacial score (nSPS) is 15.9. The van der Waals surface area contributed by atoms with Gasteiger partial charge in [-0.15, -0.1) is 0 Å². The van der Waals surface area contributed by atoms with Gasteiger partial charge < -0.3 is 0 Å². The van der Waals surface area contributed by atoms with Crippen molar-refractivity contribution in [3.63, 3.8) is 0 Å². The first-order valence-electron chi connectivity index (χ1n) is 10.5. The van der Waals surface area contributed by atoms with E-state index in [1.54, 1.807) is 18.2 Å². The van der Waals surface area contributed by atoms with Gasteiger partial charge in [0.1, 0.15) is 0 Å². The van der Waals surface area contributed by atoms with Crippen LogP contribution in [0.1, 0.15) is 16.1 Å². The summed E-state index contributed by atoms with van der Waals surface area (Å²) in [5.74, 6) is 0.852. The number of ketones is 1. The molecule has 2 nitrogen and oxygen atoms in total. The second-order valence-corrected chi connectivity index (χ2v) is 8.31. The number of pyridine rings is 1. The summed E-state index contributed by atoms with van der Waals surface area (Å²) in [4.78, 5) is 17.8. The number of halogens is 2. The molecule has 2 aliphatic carbocycles. The van der Waals surface area contributed by atoms with Crippen LogP contribution in [0, 0.1) is 70.6 Å². The zero-order valence-corrected chi connectivity index (χ0v) is 21.0. The number of benzene rings is 2. The van der Waals surface area contributed by atoms with Gasteiger partial charge in [-0.05, 0) is 95.1 Å². The minimum absolute atomic E-state index is 0. The second-order valence-electron chi connectivity index (χ2n) is 7.47. The molecule has 0 unspecified atom stereocenters. The number of aryl methyl sites for hydroxylation is 1. The molecule has 2 saturated carbocycles. The van der Waals surface area contributed by atoms with Gasteiger partial charge in [0, 0.05) is 38.2 Å². The Labute approximate surface area is 223 Å². The van der Waals surface area contributed by atoms with Crippen LogP contribution in [0.2, 0.25) is 10.0 Å². The van der Waals surface area contributed by atoms with Crippen LogP contribution < -0.4 is 0 Å². The molecule has 0 atom stereocenters. The molecule has 3 aromatic rings. The van der Waals surface area contributed by atoms with E-state index in [-0.39, 0.29) is 22.9 Å². The van der Waals surface area contributed by atoms with E-state index >= 15 is 0 Å². The van der Waals surface area contributed by atoms with Gasteiger partial charge in [-0.1, -0.05) is 47.5 Å². The van der Waals surface area contributed by atoms with Gasteiger partial charge in [-0.3, -0.25) is 9.78 Å². The average molecular weight is 526 g/mol. The third-order valence-corrected chi connectivity index (χ3v) is 5.75. The maximum Gasteiger partial charge on any atom is 2.00 e. The van der Waals surface area contributed by atoms with Gasteiger partial charge in [-0.25, -0.2) is 0 Å². The monoisotopic (exact) mass is 525 g/mol. The SMILES string of the molecule is Cc1nc2ccc(Cl)cc2c(-c2ccccc2Cl)c1C(=O)/C=C/[C]1[CH][CH][CH][CH]1.[CH]1[CH][CH][CH][CH]1.[Fe+2]. The van der Waals surface area contributed by atoms with Crippen molar-refractivity contribution in [3.05, 3.63) is 140 Å². The van der Waals surface area contributed by atoms with Gasteiger partial charge in [0.25, 0.3) is 0 Å². The number of carbonyl (C=O) groups is 1. The number of hydrogen-bond acceptors (Lipinski definition) is 2. The molecule has 1 aromatic heterocycles. The van der Waals surface area contributed by atoms with Crippen molar-refractivity contribution >= 4 is 39.9 Å². The van der Waals surface area contributed by atoms with E-state index in [4.69, 9.17) is 23.2 Å². The van der Waals surface area contributed by atoms with Crippen LogP contribution in [0.25, 0.3) is 22.0 Å². The summed E-state index contributed by atoms with van der Waals surface area (Å²) in [7, 11) is 0. The Balaban J connectivity index is 0.000000481. The Morgan fingerprint density at radius 3 is 2.18 bits per heavy atom. The number of nitrogens with zero attached hydrogens (tertiary/aromatic N) is 1. The zero-order valence-electron chi connectivity index (χ0n) is 18.4. The molecule has 0 bridgehead atoms. The van der Waals surface area contributed by atoms with Crippen molar-refractivity contribution in [2.24, 2.45) is 0 Å². The topological polar surface area (TPSA) is 30.0 Å². The summed E-state index contributed by atoms with van der Waals surface area (Å²) in [6, 6.07) is 13.0. The number of fused-ring (bicyclic) bond motifs is 1. The van der Waals surface area contributed by atoms with Crippen LogP contribution in [0.5, 0.6) is 0 Å². The Hall–Kier alpha value is -1.64. The van der Waals surface area contributed by atoms with E-state index < -0.39 is 0 Å². The predicted molar refractivity (Wildman–Crippen MR) is 137 cm³/mol. The zero-order chi connectivity index (χ0) is 23.2. The molecule has 1 heterocycles. The van der Waals surface area contributed by atoms with Crippen LogP contribution in [-0.4, -0.2) is 10.8 Å². The van der Waals surface area contributed by atoms with Crippen molar-refractivity contribution in [2.75, 3.05) is 0 Å². The molecular formula is C29H21Cl2FeNO+2. The van der Waals surface area contributed by atoms with E-state index in [0.29, 0.717) is 21.3 Å². The fourth-order valence-electron chi connectivity index (χ4n) is 3.68. The first-order valence-corrected chi connectivity index (χ1v) is 11.3. The summed E-state index contributed by atoms with van der Waals surface area (Å²) in [5, 5.41) is 1.96. The van der Waals surface area contributed by atoms with E-state index in [1.807, 2.05) is 101 Å². The minimum Gasteiger partial charge on any atom is -0.289 e. The van der Waals surface area contributed by atoms with E-state index in [0.717, 1.165) is 27.9 Å². The fraction of sp³-hybridized carbons (Fsp3) is 0.0345. The van der Waals surface area contributed by atoms with Crippen LogP contribution >= 0.6 is 23.2 Å². The van der Waals surface area contributed by atoms with Crippen molar-refractivity contribution in [2.45, 2.75) is 6.92 Å². The van der Waals surface area contributed by atoms with E-state index in [9.17, 15) is 4.79 Å². The molecule has 168 valence electrons. The van der Waals surface area contributed by atoms with Gasteiger partial charge in [0.15, 0.2) is 5.78 Å². The number of rotatable bonds is 4. The molecule has 2 aliphatic rings. The van der Waals surface area contributed by atoms with Gasteiger partial charge in [0.2, 0.25) is 0 Å². The molecule has 0 saturated heterocycles. The van der Waals surface area contributed by atoms with Crippen LogP contribution in [0.3, 0.4) is 0 Å². The van der Waals surface area contributed by atoms with Crippen molar-refractivity contribution in [1.29, 1.82) is 0 Å². The summed E-state index contributed by atoms with van der Waals surface area (Å²) >= 11 is 12.8. The molecule has 34 heavy (non-hydrogen) atoms. The molecule has 0 spiro atoms. The Kier molecular flexibility index (Phi) is 10.2. The van der Waals surface area contributed by atoms with Crippen molar-refractivity contribution in [3.8, 4) is 11.1 Å². The third-order valence-electron chi connectivity index (χ3n) is 5.19. The van der Waals surface area contributed by atoms with Gasteiger partial charge in [-0.2, -0.15) is 0 Å². The van der Waals surface area contributed by atoms with Crippen LogP contribution in [0.4, 0.5) is 0 Å². The predicted octanol–water partition coefficient (Wildman–Crippen LogP) is 7.68. The average Bonchev–Trinajstić information content (AvgIpc) is 3.54. The molecule has 0 aliphatic heterocycles. The third kappa shape index (κ3) is 6.52. The van der Waals surface area contributed by atoms with Gasteiger partial charge >= 0.3 is 17.1 Å². The summed E-state index contributed by atoms with van der Waals surface area (Å²) in [6.07, 6.45) is 21.2. The number of carbonyl (C=O) groups excluding carboxylic acids is 1. The Morgan fingerprint density at radius 2 is 1.53 bits per heavy atom. The van der Waals surface area contributed by atoms with E-state index in [2.05, 4.69) is 4.98 Å². The first kappa shape index (κ1) is 27.0. The van der Waals surface area contributed by atoms with Crippen molar-refractivity contribution in [1.82, 2.24) is 4.98 Å². The molecule has 5 heteroatoms. The van der Waals surface area contributed by atoms with Crippen LogP contribution in [0.15, 0.2) is 54.6 Å². The van der Waals surface area contributed by atoms with Crippen molar-refractivity contribution < 1.29 is 21.9 Å². The Bertz CT molecular complexity index is 1160. The fourth-order valence-corrected chi connectivity index (χ4v) is 4.08. The number of allylic oxidation sites excluding steroid dienone is 2. The van der Waals surface area contributed by atoms with Gasteiger partial charge in [0.05, 0.1) is 11.1 Å². The maximum absolute atomic E-state index is 13.2. The summed E-state index contributed by atoms with van der Waals surface area (Å²) < 4.78 is 0. The standard InChI is InChI=1S/C24H16Cl2NO.C5H5.Fe/c1-15-23(22(28)13-10-16-6-2-3-7-16)24(18-8-4-5-9-20(18)26)19-14-17(25)11-12-21(19)27-15;1-2-4-5-3-1;/h2-14H,1H3;1-5H;/q;;+2/b13-10+;;. The van der Waals surface area contributed by atoms with E-state index in [1.165, 1.54) is 0 Å². The molecule has 5 rings (SSSR count).